The lowest BCUT2D eigenvalue weighted by Gasteiger charge is -2.30. The standard InChI is InChI=1S/C21H28O5/c1-13(12-24-3)14(2)21(15-6-8-17(22)19(10-15)25-4)16-7-9-18(23)20(11-16)26-5/h6-11,13-14,21-23H,12H2,1-5H3/t13-,14+/m0/s1. The monoisotopic (exact) mass is 360 g/mol. The molecule has 0 aliphatic carbocycles. The third-order valence-electron chi connectivity index (χ3n) is 4.98. The summed E-state index contributed by atoms with van der Waals surface area (Å²) in [5, 5.41) is 19.9. The Bertz CT molecular complexity index is 675. The van der Waals surface area contributed by atoms with E-state index in [9.17, 15) is 10.2 Å². The highest BCUT2D eigenvalue weighted by molar-refractivity contribution is 5.49. The number of aromatic hydroxyl groups is 2. The van der Waals surface area contributed by atoms with Gasteiger partial charge in [-0.2, -0.15) is 0 Å². The van der Waals surface area contributed by atoms with Crippen LogP contribution in [0.2, 0.25) is 0 Å². The second-order valence-electron chi connectivity index (χ2n) is 6.63. The Hall–Kier alpha value is -2.40. The van der Waals surface area contributed by atoms with Crippen LogP contribution in [-0.2, 0) is 4.74 Å². The summed E-state index contributed by atoms with van der Waals surface area (Å²) in [5.74, 6) is 1.63. The van der Waals surface area contributed by atoms with Gasteiger partial charge in [-0.15, -0.1) is 0 Å². The highest BCUT2D eigenvalue weighted by atomic mass is 16.5. The zero-order chi connectivity index (χ0) is 19.3. The van der Waals surface area contributed by atoms with Gasteiger partial charge in [0, 0.05) is 19.6 Å². The van der Waals surface area contributed by atoms with Crippen molar-refractivity contribution in [3.63, 3.8) is 0 Å². The minimum Gasteiger partial charge on any atom is -0.504 e. The minimum absolute atomic E-state index is 0.0177. The number of hydrogen-bond donors (Lipinski definition) is 2. The van der Waals surface area contributed by atoms with E-state index in [0.29, 0.717) is 24.0 Å². The molecule has 0 aliphatic heterocycles. The van der Waals surface area contributed by atoms with Gasteiger partial charge in [0.2, 0.25) is 0 Å². The van der Waals surface area contributed by atoms with Gasteiger partial charge in [-0.3, -0.25) is 0 Å². The maximum absolute atomic E-state index is 9.94. The molecule has 0 saturated heterocycles. The molecule has 0 radical (unpaired) electrons. The van der Waals surface area contributed by atoms with Gasteiger partial charge in [0.05, 0.1) is 14.2 Å². The molecule has 2 N–H and O–H groups in total. The summed E-state index contributed by atoms with van der Waals surface area (Å²) in [6.07, 6.45) is 0. The first-order valence-electron chi connectivity index (χ1n) is 8.65. The van der Waals surface area contributed by atoms with Crippen molar-refractivity contribution < 1.29 is 24.4 Å². The van der Waals surface area contributed by atoms with Gasteiger partial charge in [-0.05, 0) is 47.2 Å². The molecule has 0 heterocycles. The molecule has 0 spiro atoms. The Morgan fingerprint density at radius 3 is 1.65 bits per heavy atom. The average Bonchev–Trinajstić information content (AvgIpc) is 2.64. The smallest absolute Gasteiger partial charge is 0.160 e. The molecule has 0 bridgehead atoms. The van der Waals surface area contributed by atoms with E-state index in [4.69, 9.17) is 14.2 Å². The number of phenolic OH excluding ortho intramolecular Hbond substituents is 2. The van der Waals surface area contributed by atoms with Gasteiger partial charge in [0.15, 0.2) is 23.0 Å². The lowest BCUT2D eigenvalue weighted by molar-refractivity contribution is 0.129. The second kappa shape index (κ2) is 8.81. The fourth-order valence-electron chi connectivity index (χ4n) is 3.32. The van der Waals surface area contributed by atoms with E-state index in [1.165, 1.54) is 14.2 Å². The summed E-state index contributed by atoms with van der Waals surface area (Å²) < 4.78 is 15.9. The van der Waals surface area contributed by atoms with Crippen LogP contribution in [0.1, 0.15) is 30.9 Å². The maximum Gasteiger partial charge on any atom is 0.160 e. The topological polar surface area (TPSA) is 68.2 Å². The Kier molecular flexibility index (Phi) is 6.75. The third-order valence-corrected chi connectivity index (χ3v) is 4.98. The molecular formula is C21H28O5. The number of ether oxygens (including phenoxy) is 3. The molecule has 0 amide bonds. The van der Waals surface area contributed by atoms with Crippen molar-refractivity contribution in [2.45, 2.75) is 19.8 Å². The molecule has 0 saturated carbocycles. The Balaban J connectivity index is 2.55. The van der Waals surface area contributed by atoms with Crippen LogP contribution in [-0.4, -0.2) is 38.1 Å². The quantitative estimate of drug-likeness (QED) is 0.740. The Morgan fingerprint density at radius 1 is 0.808 bits per heavy atom. The number of phenols is 2. The molecule has 0 aliphatic rings. The number of methoxy groups -OCH3 is 3. The molecule has 0 unspecified atom stereocenters. The second-order valence-corrected chi connectivity index (χ2v) is 6.63. The van der Waals surface area contributed by atoms with E-state index in [2.05, 4.69) is 13.8 Å². The molecule has 2 rings (SSSR count). The Morgan fingerprint density at radius 2 is 1.27 bits per heavy atom. The number of hydrogen-bond acceptors (Lipinski definition) is 5. The van der Waals surface area contributed by atoms with Crippen LogP contribution < -0.4 is 9.47 Å². The van der Waals surface area contributed by atoms with Gasteiger partial charge in [0.25, 0.3) is 0 Å². The molecule has 5 heteroatoms. The van der Waals surface area contributed by atoms with Gasteiger partial charge in [-0.1, -0.05) is 26.0 Å². The predicted octanol–water partition coefficient (Wildman–Crippen LogP) is 4.17. The van der Waals surface area contributed by atoms with E-state index < -0.39 is 0 Å². The van der Waals surface area contributed by atoms with Gasteiger partial charge in [-0.25, -0.2) is 0 Å². The molecule has 2 aromatic rings. The zero-order valence-electron chi connectivity index (χ0n) is 16.0. The predicted molar refractivity (Wildman–Crippen MR) is 101 cm³/mol. The molecule has 142 valence electrons. The van der Waals surface area contributed by atoms with Gasteiger partial charge in [0.1, 0.15) is 0 Å². The third kappa shape index (κ3) is 4.22. The number of benzene rings is 2. The van der Waals surface area contributed by atoms with E-state index >= 15 is 0 Å². The van der Waals surface area contributed by atoms with Crippen LogP contribution in [0.4, 0.5) is 0 Å². The molecule has 26 heavy (non-hydrogen) atoms. The van der Waals surface area contributed by atoms with Gasteiger partial charge >= 0.3 is 0 Å². The zero-order valence-corrected chi connectivity index (χ0v) is 16.0. The van der Waals surface area contributed by atoms with Crippen LogP contribution in [0.3, 0.4) is 0 Å². The fraction of sp³-hybridized carbons (Fsp3) is 0.429. The average molecular weight is 360 g/mol. The van der Waals surface area contributed by atoms with Crippen LogP contribution >= 0.6 is 0 Å². The van der Waals surface area contributed by atoms with E-state index in [0.717, 1.165) is 11.1 Å². The van der Waals surface area contributed by atoms with Crippen molar-refractivity contribution in [2.75, 3.05) is 27.9 Å². The maximum atomic E-state index is 9.94. The molecule has 2 atom stereocenters. The summed E-state index contributed by atoms with van der Waals surface area (Å²) >= 11 is 0. The summed E-state index contributed by atoms with van der Waals surface area (Å²) in [7, 11) is 4.77. The lowest BCUT2D eigenvalue weighted by atomic mass is 9.76. The van der Waals surface area contributed by atoms with Crippen molar-refractivity contribution in [3.05, 3.63) is 47.5 Å². The van der Waals surface area contributed by atoms with E-state index in [1.54, 1.807) is 19.2 Å². The Labute approximate surface area is 155 Å². The molecule has 0 fully saturated rings. The van der Waals surface area contributed by atoms with Crippen LogP contribution in [0.25, 0.3) is 0 Å². The summed E-state index contributed by atoms with van der Waals surface area (Å²) in [6.45, 7) is 4.96. The van der Waals surface area contributed by atoms with Crippen molar-refractivity contribution in [1.82, 2.24) is 0 Å². The van der Waals surface area contributed by atoms with Crippen molar-refractivity contribution in [3.8, 4) is 23.0 Å². The summed E-state index contributed by atoms with van der Waals surface area (Å²) in [6, 6.07) is 10.8. The van der Waals surface area contributed by atoms with Crippen LogP contribution in [0, 0.1) is 11.8 Å². The molecule has 5 nitrogen and oxygen atoms in total. The minimum atomic E-state index is 0.0177. The lowest BCUT2D eigenvalue weighted by Crippen LogP contribution is -2.22. The van der Waals surface area contributed by atoms with Crippen LogP contribution in [0.15, 0.2) is 36.4 Å². The number of rotatable bonds is 8. The normalized spacial score (nSPS) is 13.5. The van der Waals surface area contributed by atoms with Gasteiger partial charge < -0.3 is 24.4 Å². The first kappa shape index (κ1) is 19.9. The summed E-state index contributed by atoms with van der Waals surface area (Å²) in [4.78, 5) is 0. The van der Waals surface area contributed by atoms with Crippen LogP contribution in [0.5, 0.6) is 23.0 Å². The molecular weight excluding hydrogens is 332 g/mol. The summed E-state index contributed by atoms with van der Waals surface area (Å²) in [5.41, 5.74) is 2.03. The first-order valence-corrected chi connectivity index (χ1v) is 8.65. The van der Waals surface area contributed by atoms with E-state index in [-0.39, 0.29) is 23.3 Å². The molecule has 0 aromatic heterocycles. The highest BCUT2D eigenvalue weighted by Crippen LogP contribution is 2.41. The largest absolute Gasteiger partial charge is 0.504 e. The highest BCUT2D eigenvalue weighted by Gasteiger charge is 2.27. The van der Waals surface area contributed by atoms with Crippen molar-refractivity contribution in [2.24, 2.45) is 11.8 Å². The first-order chi connectivity index (χ1) is 12.4. The van der Waals surface area contributed by atoms with E-state index in [1.807, 2.05) is 24.3 Å². The molecule has 2 aromatic carbocycles. The van der Waals surface area contributed by atoms with Crippen molar-refractivity contribution in [1.29, 1.82) is 0 Å². The fourth-order valence-corrected chi connectivity index (χ4v) is 3.32. The SMILES string of the molecule is COC[C@H](C)[C@@H](C)C(c1ccc(O)c(OC)c1)c1ccc(O)c(OC)c1. The van der Waals surface area contributed by atoms with Crippen molar-refractivity contribution >= 4 is 0 Å².